The average molecular weight is 152 g/mol. The van der Waals surface area contributed by atoms with Crippen LogP contribution in [0.3, 0.4) is 0 Å². The van der Waals surface area contributed by atoms with Crippen LogP contribution in [-0.2, 0) is 4.79 Å². The first kappa shape index (κ1) is 8.09. The molecule has 60 valence electrons. The normalized spacial score (nSPS) is 32.2. The van der Waals surface area contributed by atoms with Gasteiger partial charge in [0, 0.05) is 5.92 Å². The molecule has 0 unspecified atom stereocenters. The number of allylic oxidation sites excluding steroid dienone is 1. The number of hydrogen-bond donors (Lipinski definition) is 1. The molecule has 0 aromatic rings. The van der Waals surface area contributed by atoms with E-state index in [1.165, 1.54) is 0 Å². The number of carboxylic acid groups (broad SMARTS) is 1. The third kappa shape index (κ3) is 1.10. The van der Waals surface area contributed by atoms with Crippen LogP contribution in [0.4, 0.5) is 0 Å². The molecule has 2 heteroatoms. The van der Waals surface area contributed by atoms with Crippen molar-refractivity contribution >= 4 is 5.97 Å². The van der Waals surface area contributed by atoms with E-state index in [1.54, 1.807) is 6.08 Å². The van der Waals surface area contributed by atoms with Gasteiger partial charge in [0.15, 0.2) is 0 Å². The van der Waals surface area contributed by atoms with Gasteiger partial charge in [-0.1, -0.05) is 20.4 Å². The van der Waals surface area contributed by atoms with E-state index < -0.39 is 5.97 Å². The first-order valence-electron chi connectivity index (χ1n) is 3.60. The molecule has 0 saturated heterocycles. The highest BCUT2D eigenvalue weighted by atomic mass is 16.4. The molecule has 0 amide bonds. The van der Waals surface area contributed by atoms with E-state index in [1.807, 2.05) is 13.8 Å². The average Bonchev–Trinajstić information content (AvgIpc) is 2.35. The zero-order chi connectivity index (χ0) is 8.65. The highest BCUT2D eigenvalue weighted by Gasteiger charge is 2.60. The predicted octanol–water partition coefficient (Wildman–Crippen LogP) is 1.68. The Kier molecular flexibility index (Phi) is 1.65. The van der Waals surface area contributed by atoms with Crippen molar-refractivity contribution in [2.75, 3.05) is 0 Å². The number of aliphatic carboxylic acids is 1. The van der Waals surface area contributed by atoms with Crippen LogP contribution < -0.4 is 0 Å². The smallest absolute Gasteiger partial charge is 0.307 e. The molecule has 2 atom stereocenters. The quantitative estimate of drug-likeness (QED) is 0.611. The zero-order valence-electron chi connectivity index (χ0n) is 6.79. The maximum absolute atomic E-state index is 10.6. The van der Waals surface area contributed by atoms with Gasteiger partial charge in [-0.05, 0) is 11.5 Å². The highest BCUT2D eigenvalue weighted by molar-refractivity contribution is 5.76. The summed E-state index contributed by atoms with van der Waals surface area (Å²) in [6.45, 7) is 7.32. The first-order chi connectivity index (χ1) is 5.01. The highest BCUT2D eigenvalue weighted by Crippen LogP contribution is 2.58. The topological polar surface area (TPSA) is 37.3 Å². The fourth-order valence-corrected chi connectivity index (χ4v) is 1.59. The van der Waals surface area contributed by atoms with Crippen molar-refractivity contribution in [1.29, 1.82) is 0 Å². The van der Waals surface area contributed by atoms with Gasteiger partial charge in [0.05, 0.1) is 5.92 Å². The van der Waals surface area contributed by atoms with Crippen molar-refractivity contribution in [3.63, 3.8) is 0 Å². The molecule has 0 heterocycles. The van der Waals surface area contributed by atoms with E-state index in [2.05, 4.69) is 12.3 Å². The Balaban J connectivity index is 2.75. The third-order valence-corrected chi connectivity index (χ3v) is 2.47. The molecule has 0 aromatic heterocycles. The van der Waals surface area contributed by atoms with E-state index >= 15 is 0 Å². The molecule has 0 radical (unpaired) electrons. The fraction of sp³-hybridized carbons (Fsp3) is 0.556. The molecule has 1 aliphatic carbocycles. The number of carbonyl (C=O) groups is 1. The van der Waals surface area contributed by atoms with E-state index in [9.17, 15) is 4.79 Å². The molecule has 1 aliphatic rings. The van der Waals surface area contributed by atoms with Gasteiger partial charge < -0.3 is 5.11 Å². The zero-order valence-corrected chi connectivity index (χ0v) is 6.79. The first-order valence-corrected chi connectivity index (χ1v) is 3.60. The Morgan fingerprint density at radius 1 is 1.73 bits per heavy atom. The summed E-state index contributed by atoms with van der Waals surface area (Å²) in [5.41, 5.74) is 2.53. The maximum Gasteiger partial charge on any atom is 0.307 e. The SMILES string of the molecule is C=C=C[C@H]1[C@@H](C(=O)O)C1(C)C. The van der Waals surface area contributed by atoms with Crippen LogP contribution in [0.1, 0.15) is 13.8 Å². The standard InChI is InChI=1S/C9H12O2/c1-4-5-6-7(8(10)11)9(6,2)3/h5-7H,1H2,2-3H3,(H,10,11)/t6-,7-/m0/s1. The Labute approximate surface area is 66.2 Å². The van der Waals surface area contributed by atoms with E-state index in [4.69, 9.17) is 5.11 Å². The van der Waals surface area contributed by atoms with Crippen LogP contribution in [0.15, 0.2) is 18.4 Å². The lowest BCUT2D eigenvalue weighted by Gasteiger charge is -1.95. The van der Waals surface area contributed by atoms with Crippen molar-refractivity contribution in [2.24, 2.45) is 17.3 Å². The summed E-state index contributed by atoms with van der Waals surface area (Å²) in [5, 5.41) is 8.72. The summed E-state index contributed by atoms with van der Waals surface area (Å²) in [6, 6.07) is 0. The lowest BCUT2D eigenvalue weighted by molar-refractivity contribution is -0.139. The minimum atomic E-state index is -0.716. The lowest BCUT2D eigenvalue weighted by atomic mass is 10.1. The summed E-state index contributed by atoms with van der Waals surface area (Å²) >= 11 is 0. The molecule has 0 aliphatic heterocycles. The minimum Gasteiger partial charge on any atom is -0.481 e. The second kappa shape index (κ2) is 2.24. The van der Waals surface area contributed by atoms with Gasteiger partial charge in [-0.2, -0.15) is 0 Å². The lowest BCUT2D eigenvalue weighted by Crippen LogP contribution is -2.02. The van der Waals surface area contributed by atoms with Gasteiger partial charge in [0.2, 0.25) is 0 Å². The summed E-state index contributed by atoms with van der Waals surface area (Å²) in [4.78, 5) is 10.6. The van der Waals surface area contributed by atoms with Gasteiger partial charge in [0.1, 0.15) is 0 Å². The Bertz CT molecular complexity index is 224. The van der Waals surface area contributed by atoms with Crippen molar-refractivity contribution in [3.05, 3.63) is 18.4 Å². The van der Waals surface area contributed by atoms with Crippen molar-refractivity contribution in [3.8, 4) is 0 Å². The van der Waals surface area contributed by atoms with Gasteiger partial charge >= 0.3 is 5.97 Å². The molecule has 0 aromatic carbocycles. The second-order valence-corrected chi connectivity index (χ2v) is 3.53. The Morgan fingerprint density at radius 3 is 2.55 bits per heavy atom. The number of rotatable bonds is 2. The van der Waals surface area contributed by atoms with E-state index in [0.29, 0.717) is 0 Å². The molecule has 0 bridgehead atoms. The van der Waals surface area contributed by atoms with Crippen LogP contribution in [0.2, 0.25) is 0 Å². The Hall–Kier alpha value is -1.01. The van der Waals surface area contributed by atoms with Gasteiger partial charge in [-0.25, -0.2) is 0 Å². The van der Waals surface area contributed by atoms with Crippen LogP contribution in [-0.4, -0.2) is 11.1 Å². The summed E-state index contributed by atoms with van der Waals surface area (Å²) in [5.74, 6) is -0.833. The molecule has 1 saturated carbocycles. The second-order valence-electron chi connectivity index (χ2n) is 3.53. The van der Waals surface area contributed by atoms with E-state index in [-0.39, 0.29) is 17.3 Å². The van der Waals surface area contributed by atoms with Crippen molar-refractivity contribution < 1.29 is 9.90 Å². The predicted molar refractivity (Wildman–Crippen MR) is 42.1 cm³/mol. The van der Waals surface area contributed by atoms with Gasteiger partial charge in [0.25, 0.3) is 0 Å². The number of hydrogen-bond acceptors (Lipinski definition) is 1. The molecule has 1 N–H and O–H groups in total. The van der Waals surface area contributed by atoms with Crippen LogP contribution in [0, 0.1) is 17.3 Å². The van der Waals surface area contributed by atoms with E-state index in [0.717, 1.165) is 0 Å². The summed E-state index contributed by atoms with van der Waals surface area (Å²) in [6.07, 6.45) is 1.75. The molecule has 2 nitrogen and oxygen atoms in total. The molecule has 0 spiro atoms. The summed E-state index contributed by atoms with van der Waals surface area (Å²) in [7, 11) is 0. The van der Waals surface area contributed by atoms with Crippen LogP contribution in [0.5, 0.6) is 0 Å². The number of carboxylic acids is 1. The third-order valence-electron chi connectivity index (χ3n) is 2.47. The summed E-state index contributed by atoms with van der Waals surface area (Å²) < 4.78 is 0. The Morgan fingerprint density at radius 2 is 2.27 bits per heavy atom. The van der Waals surface area contributed by atoms with Crippen LogP contribution >= 0.6 is 0 Å². The van der Waals surface area contributed by atoms with Gasteiger partial charge in [-0.3, -0.25) is 4.79 Å². The molecule has 1 fully saturated rings. The molecule has 1 rings (SSSR count). The molecule has 11 heavy (non-hydrogen) atoms. The largest absolute Gasteiger partial charge is 0.481 e. The molecular formula is C9H12O2. The minimum absolute atomic E-state index is 0.101. The van der Waals surface area contributed by atoms with Crippen LogP contribution in [0.25, 0.3) is 0 Å². The molecular weight excluding hydrogens is 140 g/mol. The van der Waals surface area contributed by atoms with Crippen molar-refractivity contribution in [1.82, 2.24) is 0 Å². The fourth-order valence-electron chi connectivity index (χ4n) is 1.59. The monoisotopic (exact) mass is 152 g/mol. The van der Waals surface area contributed by atoms with Crippen molar-refractivity contribution in [2.45, 2.75) is 13.8 Å². The van der Waals surface area contributed by atoms with Gasteiger partial charge in [-0.15, -0.1) is 5.73 Å². The maximum atomic E-state index is 10.6.